The molecule has 0 unspecified atom stereocenters. The van der Waals surface area contributed by atoms with Crippen molar-refractivity contribution in [3.63, 3.8) is 0 Å². The Hall–Kier alpha value is -2.70. The summed E-state index contributed by atoms with van der Waals surface area (Å²) in [5.41, 5.74) is 0. The number of benzene rings is 1. The Morgan fingerprint density at radius 3 is 2.22 bits per heavy atom. The Kier molecular flexibility index (Phi) is 9.79. The van der Waals surface area contributed by atoms with Crippen molar-refractivity contribution in [2.75, 3.05) is 39.3 Å². The van der Waals surface area contributed by atoms with Crippen molar-refractivity contribution in [1.29, 1.82) is 0 Å². The molecule has 7 heteroatoms. The van der Waals surface area contributed by atoms with Gasteiger partial charge in [0.1, 0.15) is 36.3 Å². The molecule has 27 heavy (non-hydrogen) atoms. The molecule has 0 bridgehead atoms. The third-order valence-electron chi connectivity index (χ3n) is 3.63. The number of methoxy groups -OCH3 is 2. The van der Waals surface area contributed by atoms with E-state index in [1.807, 2.05) is 6.92 Å². The van der Waals surface area contributed by atoms with Gasteiger partial charge in [0.2, 0.25) is 0 Å². The van der Waals surface area contributed by atoms with Gasteiger partial charge in [0.05, 0.1) is 20.4 Å². The van der Waals surface area contributed by atoms with Gasteiger partial charge >= 0.3 is 0 Å². The first-order valence-corrected chi connectivity index (χ1v) is 8.72. The van der Waals surface area contributed by atoms with Crippen molar-refractivity contribution in [2.45, 2.75) is 34.1 Å². The van der Waals surface area contributed by atoms with E-state index < -0.39 is 0 Å². The highest BCUT2D eigenvalue weighted by Gasteiger charge is 2.07. The predicted molar refractivity (Wildman–Crippen MR) is 107 cm³/mol. The Labute approximate surface area is 162 Å². The van der Waals surface area contributed by atoms with E-state index in [9.17, 15) is 0 Å². The molecule has 0 saturated heterocycles. The molecule has 0 saturated carbocycles. The summed E-state index contributed by atoms with van der Waals surface area (Å²) >= 11 is 0. The van der Waals surface area contributed by atoms with E-state index in [2.05, 4.69) is 22.2 Å². The van der Waals surface area contributed by atoms with Crippen molar-refractivity contribution in [2.24, 2.45) is 0 Å². The summed E-state index contributed by atoms with van der Waals surface area (Å²) in [6.45, 7) is 5.60. The molecule has 0 spiro atoms. The minimum absolute atomic E-state index is 0. The average Bonchev–Trinajstić information content (AvgIpc) is 2.66. The summed E-state index contributed by atoms with van der Waals surface area (Å²) in [5.74, 6) is 4.05. The molecule has 0 fully saturated rings. The van der Waals surface area contributed by atoms with Crippen LogP contribution < -0.4 is 24.3 Å². The molecule has 0 radical (unpaired) electrons. The lowest BCUT2D eigenvalue weighted by atomic mass is 10.3. The van der Waals surface area contributed by atoms with Crippen LogP contribution in [0.1, 0.15) is 33.0 Å². The van der Waals surface area contributed by atoms with Crippen molar-refractivity contribution in [3.8, 4) is 23.0 Å². The van der Waals surface area contributed by atoms with Crippen LogP contribution >= 0.6 is 0 Å². The summed E-state index contributed by atoms with van der Waals surface area (Å²) in [5, 5.41) is 3.29. The van der Waals surface area contributed by atoms with Crippen LogP contribution in [0.2, 0.25) is 0 Å². The molecule has 150 valence electrons. The van der Waals surface area contributed by atoms with Gasteiger partial charge in [-0.1, -0.05) is 20.8 Å². The number of hydrogen-bond donors (Lipinski definition) is 1. The number of unbranched alkanes of at least 4 members (excludes halogenated alkanes) is 1. The third kappa shape index (κ3) is 7.21. The number of ether oxygens (including phenoxy) is 4. The lowest BCUT2D eigenvalue weighted by Crippen LogP contribution is -2.12. The number of aromatic nitrogens is 2. The first kappa shape index (κ1) is 22.3. The number of aryl methyl sites for hydroxylation is 1. The number of nitrogens with zero attached hydrogens (tertiary/aromatic N) is 2. The molecule has 0 aliphatic carbocycles. The number of hydrogen-bond acceptors (Lipinski definition) is 7. The van der Waals surface area contributed by atoms with E-state index in [0.717, 1.165) is 19.4 Å². The highest BCUT2D eigenvalue weighted by atomic mass is 16.5. The molecule has 1 aromatic heterocycles. The maximum Gasteiger partial charge on any atom is 0.180 e. The fourth-order valence-electron chi connectivity index (χ4n) is 2.25. The van der Waals surface area contributed by atoms with Crippen LogP contribution in [0, 0.1) is 6.92 Å². The van der Waals surface area contributed by atoms with E-state index >= 15 is 0 Å². The van der Waals surface area contributed by atoms with Gasteiger partial charge in [-0.15, -0.1) is 0 Å². The summed E-state index contributed by atoms with van der Waals surface area (Å²) in [4.78, 5) is 8.61. The molecular formula is C20H31N3O4. The first-order valence-electron chi connectivity index (χ1n) is 8.72. The first-order chi connectivity index (χ1) is 12.7. The molecule has 1 aromatic carbocycles. The van der Waals surface area contributed by atoms with Crippen molar-refractivity contribution < 1.29 is 18.9 Å². The Bertz CT molecular complexity index is 673. The van der Waals surface area contributed by atoms with Gasteiger partial charge in [0.25, 0.3) is 0 Å². The van der Waals surface area contributed by atoms with E-state index in [1.165, 1.54) is 0 Å². The van der Waals surface area contributed by atoms with E-state index in [1.54, 1.807) is 38.6 Å². The zero-order valence-corrected chi connectivity index (χ0v) is 15.9. The minimum atomic E-state index is 0. The van der Waals surface area contributed by atoms with Gasteiger partial charge in [-0.05, 0) is 13.3 Å². The summed E-state index contributed by atoms with van der Waals surface area (Å²) < 4.78 is 22.0. The van der Waals surface area contributed by atoms with Gasteiger partial charge in [-0.3, -0.25) is 0 Å². The standard InChI is InChI=1S/C19H27N3O4.CH4/c1-5-6-7-20-19-18(13-21-14(2)22-19)26-9-8-25-17-11-15(23-3)10-16(12-17)24-4;/h10-13H,5-9H2,1-4H3,(H,20,21,22);1H4. The molecule has 0 atom stereocenters. The van der Waals surface area contributed by atoms with E-state index in [0.29, 0.717) is 47.9 Å². The lowest BCUT2D eigenvalue weighted by Gasteiger charge is -2.13. The van der Waals surface area contributed by atoms with Gasteiger partial charge in [0.15, 0.2) is 11.6 Å². The summed E-state index contributed by atoms with van der Waals surface area (Å²) in [6.07, 6.45) is 3.87. The highest BCUT2D eigenvalue weighted by Crippen LogP contribution is 2.27. The second kappa shape index (κ2) is 11.8. The van der Waals surface area contributed by atoms with Crippen molar-refractivity contribution in [3.05, 3.63) is 30.2 Å². The smallest absolute Gasteiger partial charge is 0.180 e. The minimum Gasteiger partial charge on any atom is -0.496 e. The zero-order valence-electron chi connectivity index (χ0n) is 15.9. The largest absolute Gasteiger partial charge is 0.496 e. The monoisotopic (exact) mass is 377 g/mol. The van der Waals surface area contributed by atoms with Crippen LogP contribution in [0.5, 0.6) is 23.0 Å². The van der Waals surface area contributed by atoms with E-state index in [-0.39, 0.29) is 7.43 Å². The number of anilines is 1. The van der Waals surface area contributed by atoms with Crippen LogP contribution in [0.4, 0.5) is 5.82 Å². The van der Waals surface area contributed by atoms with Crippen molar-refractivity contribution in [1.82, 2.24) is 9.97 Å². The molecule has 2 aromatic rings. The molecule has 1 heterocycles. The molecule has 0 aliphatic rings. The zero-order chi connectivity index (χ0) is 18.8. The fourth-order valence-corrected chi connectivity index (χ4v) is 2.25. The molecular weight excluding hydrogens is 346 g/mol. The molecule has 7 nitrogen and oxygen atoms in total. The fraction of sp³-hybridized carbons (Fsp3) is 0.500. The SMILES string of the molecule is C.CCCCNc1nc(C)ncc1OCCOc1cc(OC)cc(OC)c1. The van der Waals surface area contributed by atoms with Gasteiger partial charge in [0, 0.05) is 24.7 Å². The van der Waals surface area contributed by atoms with E-state index in [4.69, 9.17) is 18.9 Å². The van der Waals surface area contributed by atoms with Crippen LogP contribution in [-0.4, -0.2) is 43.9 Å². The van der Waals surface area contributed by atoms with Gasteiger partial charge < -0.3 is 24.3 Å². The summed E-state index contributed by atoms with van der Waals surface area (Å²) in [6, 6.07) is 5.39. The molecule has 0 amide bonds. The Morgan fingerprint density at radius 1 is 0.963 bits per heavy atom. The quantitative estimate of drug-likeness (QED) is 0.591. The second-order valence-electron chi connectivity index (χ2n) is 5.66. The Morgan fingerprint density at radius 2 is 1.59 bits per heavy atom. The number of rotatable bonds is 11. The normalized spacial score (nSPS) is 9.93. The van der Waals surface area contributed by atoms with Crippen LogP contribution in [0.15, 0.2) is 24.4 Å². The molecule has 2 rings (SSSR count). The predicted octanol–water partition coefficient (Wildman–Crippen LogP) is 4.11. The Balaban J connectivity index is 0.00000364. The maximum absolute atomic E-state index is 5.78. The average molecular weight is 377 g/mol. The van der Waals surface area contributed by atoms with Gasteiger partial charge in [-0.2, -0.15) is 0 Å². The summed E-state index contributed by atoms with van der Waals surface area (Å²) in [7, 11) is 3.21. The maximum atomic E-state index is 5.78. The van der Waals surface area contributed by atoms with Crippen molar-refractivity contribution >= 4 is 5.82 Å². The third-order valence-corrected chi connectivity index (χ3v) is 3.63. The van der Waals surface area contributed by atoms with Crippen LogP contribution in [0.25, 0.3) is 0 Å². The lowest BCUT2D eigenvalue weighted by molar-refractivity contribution is 0.215. The van der Waals surface area contributed by atoms with Crippen LogP contribution in [0.3, 0.4) is 0 Å². The second-order valence-corrected chi connectivity index (χ2v) is 5.66. The molecule has 0 aliphatic heterocycles. The number of nitrogens with one attached hydrogen (secondary N) is 1. The topological polar surface area (TPSA) is 74.7 Å². The van der Waals surface area contributed by atoms with Crippen LogP contribution in [-0.2, 0) is 0 Å². The highest BCUT2D eigenvalue weighted by molar-refractivity contribution is 5.48. The van der Waals surface area contributed by atoms with Gasteiger partial charge in [-0.25, -0.2) is 9.97 Å². The molecule has 1 N–H and O–H groups in total.